The Bertz CT molecular complexity index is 735. The molecule has 3 heterocycles. The van der Waals surface area contributed by atoms with Gasteiger partial charge in [-0.1, -0.05) is 11.6 Å². The zero-order valence-corrected chi connectivity index (χ0v) is 9.09. The SMILES string of the molecule is O=c1c(-c2nnn[nH]2)cnc2c(Cl)cccn12. The van der Waals surface area contributed by atoms with Gasteiger partial charge in [0.2, 0.25) is 0 Å². The summed E-state index contributed by atoms with van der Waals surface area (Å²) in [6, 6.07) is 3.33. The van der Waals surface area contributed by atoms with E-state index < -0.39 is 0 Å². The van der Waals surface area contributed by atoms with Gasteiger partial charge >= 0.3 is 0 Å². The number of aromatic amines is 1. The first-order valence-electron chi connectivity index (χ1n) is 4.67. The van der Waals surface area contributed by atoms with Crippen molar-refractivity contribution in [1.29, 1.82) is 0 Å². The minimum absolute atomic E-state index is 0.275. The molecule has 3 rings (SSSR count). The van der Waals surface area contributed by atoms with Crippen LogP contribution < -0.4 is 5.56 Å². The number of rotatable bonds is 1. The number of hydrogen-bond acceptors (Lipinski definition) is 5. The fourth-order valence-corrected chi connectivity index (χ4v) is 1.72. The van der Waals surface area contributed by atoms with Gasteiger partial charge in [-0.2, -0.15) is 0 Å². The van der Waals surface area contributed by atoms with Crippen LogP contribution in [-0.2, 0) is 0 Å². The molecule has 0 radical (unpaired) electrons. The molecule has 0 saturated carbocycles. The molecule has 0 aliphatic carbocycles. The fraction of sp³-hybridized carbons (Fsp3) is 0. The van der Waals surface area contributed by atoms with Crippen molar-refractivity contribution in [3.05, 3.63) is 39.9 Å². The first-order chi connectivity index (χ1) is 8.27. The molecular formula is C9H5ClN6O. The Labute approximate surface area is 99.1 Å². The molecule has 0 amide bonds. The lowest BCUT2D eigenvalue weighted by Crippen LogP contribution is -2.17. The Morgan fingerprint density at radius 3 is 3.06 bits per heavy atom. The summed E-state index contributed by atoms with van der Waals surface area (Å²) >= 11 is 5.94. The van der Waals surface area contributed by atoms with E-state index in [9.17, 15) is 4.79 Å². The molecule has 84 valence electrons. The Hall–Kier alpha value is -2.28. The lowest BCUT2D eigenvalue weighted by molar-refractivity contribution is 0.881. The summed E-state index contributed by atoms with van der Waals surface area (Å²) in [5.74, 6) is 0.275. The third-order valence-corrected chi connectivity index (χ3v) is 2.58. The first-order valence-corrected chi connectivity index (χ1v) is 5.05. The van der Waals surface area contributed by atoms with Crippen LogP contribution in [0.5, 0.6) is 0 Å². The van der Waals surface area contributed by atoms with E-state index in [4.69, 9.17) is 11.6 Å². The molecule has 1 N–H and O–H groups in total. The molecule has 0 aliphatic heterocycles. The van der Waals surface area contributed by atoms with E-state index >= 15 is 0 Å². The number of halogens is 1. The van der Waals surface area contributed by atoms with Gasteiger partial charge in [0, 0.05) is 12.4 Å². The maximum atomic E-state index is 12.1. The summed E-state index contributed by atoms with van der Waals surface area (Å²) < 4.78 is 1.35. The van der Waals surface area contributed by atoms with Gasteiger partial charge in [0.25, 0.3) is 5.56 Å². The summed E-state index contributed by atoms with van der Waals surface area (Å²) in [6.45, 7) is 0. The van der Waals surface area contributed by atoms with Crippen molar-refractivity contribution in [2.75, 3.05) is 0 Å². The van der Waals surface area contributed by atoms with Crippen LogP contribution in [-0.4, -0.2) is 30.0 Å². The molecule has 8 heteroatoms. The van der Waals surface area contributed by atoms with Crippen molar-refractivity contribution < 1.29 is 0 Å². The molecule has 3 aromatic rings. The molecule has 0 fully saturated rings. The predicted octanol–water partition coefficient (Wildman–Crippen LogP) is 0.528. The quantitative estimate of drug-likeness (QED) is 0.678. The molecule has 0 aromatic carbocycles. The molecule has 0 atom stereocenters. The smallest absolute Gasteiger partial charge is 0.268 e. The maximum absolute atomic E-state index is 12.1. The highest BCUT2D eigenvalue weighted by Gasteiger charge is 2.11. The number of tetrazole rings is 1. The molecular weight excluding hydrogens is 244 g/mol. The molecule has 0 unspecified atom stereocenters. The van der Waals surface area contributed by atoms with Gasteiger partial charge in [-0.05, 0) is 22.6 Å². The summed E-state index contributed by atoms with van der Waals surface area (Å²) in [4.78, 5) is 16.2. The van der Waals surface area contributed by atoms with Gasteiger partial charge in [0.05, 0.1) is 5.02 Å². The first kappa shape index (κ1) is 9.91. The third-order valence-electron chi connectivity index (χ3n) is 2.29. The van der Waals surface area contributed by atoms with Crippen molar-refractivity contribution in [2.24, 2.45) is 0 Å². The molecule has 17 heavy (non-hydrogen) atoms. The second kappa shape index (κ2) is 3.63. The van der Waals surface area contributed by atoms with Gasteiger partial charge in [-0.25, -0.2) is 10.1 Å². The van der Waals surface area contributed by atoms with Crippen LogP contribution in [0.3, 0.4) is 0 Å². The number of H-pyrrole nitrogens is 1. The second-order valence-electron chi connectivity index (χ2n) is 3.28. The number of pyridine rings is 1. The van der Waals surface area contributed by atoms with Gasteiger partial charge in [0.15, 0.2) is 11.5 Å². The number of nitrogens with zero attached hydrogens (tertiary/aromatic N) is 5. The average molecular weight is 249 g/mol. The summed E-state index contributed by atoms with van der Waals surface area (Å²) in [5, 5.41) is 13.4. The largest absolute Gasteiger partial charge is 0.269 e. The second-order valence-corrected chi connectivity index (χ2v) is 3.68. The average Bonchev–Trinajstić information content (AvgIpc) is 2.84. The van der Waals surface area contributed by atoms with E-state index in [1.165, 1.54) is 10.6 Å². The van der Waals surface area contributed by atoms with E-state index in [-0.39, 0.29) is 16.9 Å². The van der Waals surface area contributed by atoms with E-state index in [1.807, 2.05) is 0 Å². The molecule has 0 bridgehead atoms. The summed E-state index contributed by atoms with van der Waals surface area (Å²) in [7, 11) is 0. The monoisotopic (exact) mass is 248 g/mol. The number of aromatic nitrogens is 6. The molecule has 7 nitrogen and oxygen atoms in total. The van der Waals surface area contributed by atoms with Crippen molar-refractivity contribution in [2.45, 2.75) is 0 Å². The van der Waals surface area contributed by atoms with Crippen molar-refractivity contribution in [1.82, 2.24) is 30.0 Å². The Balaban J connectivity index is 2.38. The number of nitrogens with one attached hydrogen (secondary N) is 1. The molecule has 0 spiro atoms. The minimum atomic E-state index is -0.281. The third kappa shape index (κ3) is 1.48. The fourth-order valence-electron chi connectivity index (χ4n) is 1.51. The van der Waals surface area contributed by atoms with Gasteiger partial charge in [-0.15, -0.1) is 5.10 Å². The predicted molar refractivity (Wildman–Crippen MR) is 59.6 cm³/mol. The van der Waals surface area contributed by atoms with Crippen LogP contribution in [0.4, 0.5) is 0 Å². The highest BCUT2D eigenvalue weighted by atomic mass is 35.5. The topological polar surface area (TPSA) is 88.8 Å². The van der Waals surface area contributed by atoms with E-state index in [0.717, 1.165) is 0 Å². The van der Waals surface area contributed by atoms with Crippen molar-refractivity contribution in [3.63, 3.8) is 0 Å². The molecule has 3 aromatic heterocycles. The van der Waals surface area contributed by atoms with Gasteiger partial charge < -0.3 is 0 Å². The highest BCUT2D eigenvalue weighted by molar-refractivity contribution is 6.33. The summed E-state index contributed by atoms with van der Waals surface area (Å²) in [5.41, 5.74) is 0.404. The van der Waals surface area contributed by atoms with Crippen LogP contribution in [0.2, 0.25) is 5.02 Å². The standard InChI is InChI=1S/C9H5ClN6O/c10-6-2-1-3-16-8(6)11-4-5(9(16)17)7-12-14-15-13-7/h1-4H,(H,12,13,14,15). The van der Waals surface area contributed by atoms with Crippen LogP contribution in [0.15, 0.2) is 29.3 Å². The van der Waals surface area contributed by atoms with Gasteiger partial charge in [-0.3, -0.25) is 9.20 Å². The maximum Gasteiger partial charge on any atom is 0.269 e. The molecule has 0 aliphatic rings. The Morgan fingerprint density at radius 2 is 2.29 bits per heavy atom. The van der Waals surface area contributed by atoms with E-state index in [1.54, 1.807) is 18.3 Å². The summed E-state index contributed by atoms with van der Waals surface area (Å²) in [6.07, 6.45) is 2.98. The van der Waals surface area contributed by atoms with Crippen LogP contribution in [0.1, 0.15) is 0 Å². The Morgan fingerprint density at radius 1 is 1.41 bits per heavy atom. The van der Waals surface area contributed by atoms with Crippen LogP contribution in [0, 0.1) is 0 Å². The number of hydrogen-bond donors (Lipinski definition) is 1. The van der Waals surface area contributed by atoms with Crippen LogP contribution >= 0.6 is 11.6 Å². The van der Waals surface area contributed by atoms with E-state index in [0.29, 0.717) is 10.7 Å². The lowest BCUT2D eigenvalue weighted by Gasteiger charge is -2.02. The lowest BCUT2D eigenvalue weighted by atomic mass is 10.3. The van der Waals surface area contributed by atoms with Crippen LogP contribution in [0.25, 0.3) is 17.0 Å². The van der Waals surface area contributed by atoms with Gasteiger partial charge in [0.1, 0.15) is 5.56 Å². The highest BCUT2D eigenvalue weighted by Crippen LogP contribution is 2.14. The minimum Gasteiger partial charge on any atom is -0.268 e. The Kier molecular flexibility index (Phi) is 2.12. The normalized spacial score (nSPS) is 10.9. The van der Waals surface area contributed by atoms with E-state index in [2.05, 4.69) is 25.6 Å². The zero-order valence-electron chi connectivity index (χ0n) is 8.33. The zero-order chi connectivity index (χ0) is 11.8. The van der Waals surface area contributed by atoms with Crippen molar-refractivity contribution >= 4 is 17.2 Å². The number of fused-ring (bicyclic) bond motifs is 1. The molecule has 0 saturated heterocycles. The van der Waals surface area contributed by atoms with Crippen molar-refractivity contribution in [3.8, 4) is 11.4 Å².